The summed E-state index contributed by atoms with van der Waals surface area (Å²) in [6.07, 6.45) is 1.21. The van der Waals surface area contributed by atoms with E-state index >= 15 is 0 Å². The Bertz CT molecular complexity index is 534. The van der Waals surface area contributed by atoms with Crippen molar-refractivity contribution in [1.29, 1.82) is 0 Å². The second kappa shape index (κ2) is 5.44. The topological polar surface area (TPSA) is 57.0 Å². The highest BCUT2D eigenvalue weighted by Crippen LogP contribution is 2.19. The number of ether oxygens (including phenoxy) is 1. The Kier molecular flexibility index (Phi) is 3.72. The zero-order valence-corrected chi connectivity index (χ0v) is 10.5. The fraction of sp³-hybridized carbons (Fsp3) is 0.308. The summed E-state index contributed by atoms with van der Waals surface area (Å²) in [4.78, 5) is 16.2. The van der Waals surface area contributed by atoms with E-state index in [2.05, 4.69) is 10.1 Å². The van der Waals surface area contributed by atoms with Crippen LogP contribution >= 0.6 is 0 Å². The molecular formula is C13H15N3O2. The van der Waals surface area contributed by atoms with Crippen molar-refractivity contribution in [2.75, 3.05) is 7.11 Å². The Labute approximate surface area is 105 Å². The Hall–Kier alpha value is -2.17. The van der Waals surface area contributed by atoms with Crippen LogP contribution in [-0.4, -0.2) is 27.8 Å². The molecule has 18 heavy (non-hydrogen) atoms. The van der Waals surface area contributed by atoms with Gasteiger partial charge in [-0.3, -0.25) is 4.79 Å². The van der Waals surface area contributed by atoms with Crippen molar-refractivity contribution in [2.24, 2.45) is 0 Å². The fourth-order valence-corrected chi connectivity index (χ4v) is 1.65. The molecule has 0 saturated heterocycles. The van der Waals surface area contributed by atoms with Crippen molar-refractivity contribution in [3.05, 3.63) is 30.3 Å². The number of hydrogen-bond donors (Lipinski definition) is 0. The highest BCUT2D eigenvalue weighted by atomic mass is 16.5. The van der Waals surface area contributed by atoms with Crippen LogP contribution in [-0.2, 0) is 0 Å². The summed E-state index contributed by atoms with van der Waals surface area (Å²) in [6, 6.07) is 9.68. The molecule has 0 atom stereocenters. The highest BCUT2D eigenvalue weighted by molar-refractivity contribution is 5.82. The molecule has 5 heteroatoms. The van der Waals surface area contributed by atoms with Crippen molar-refractivity contribution in [3.8, 4) is 17.4 Å². The molecule has 0 N–H and O–H groups in total. The standard InChI is InChI=1S/C13H15N3O2/c1-3-7-11(17)16-12(14-13(15-16)18-2)10-8-5-4-6-9-10/h4-6,8-9H,3,7H2,1-2H3. The van der Waals surface area contributed by atoms with E-state index in [1.165, 1.54) is 11.8 Å². The van der Waals surface area contributed by atoms with E-state index in [1.807, 2.05) is 37.3 Å². The summed E-state index contributed by atoms with van der Waals surface area (Å²) in [5.41, 5.74) is 0.845. The van der Waals surface area contributed by atoms with Gasteiger partial charge in [-0.2, -0.15) is 9.67 Å². The van der Waals surface area contributed by atoms with Crippen LogP contribution in [0.5, 0.6) is 6.01 Å². The van der Waals surface area contributed by atoms with Crippen LogP contribution in [0.1, 0.15) is 24.6 Å². The van der Waals surface area contributed by atoms with E-state index in [9.17, 15) is 4.79 Å². The first-order valence-corrected chi connectivity index (χ1v) is 5.86. The predicted octanol–water partition coefficient (Wildman–Crippen LogP) is 2.39. The lowest BCUT2D eigenvalue weighted by molar-refractivity contribution is 0.0886. The summed E-state index contributed by atoms with van der Waals surface area (Å²) >= 11 is 0. The Morgan fingerprint density at radius 2 is 2.06 bits per heavy atom. The molecule has 1 heterocycles. The summed E-state index contributed by atoms with van der Waals surface area (Å²) in [6.45, 7) is 1.95. The molecule has 0 aliphatic carbocycles. The van der Waals surface area contributed by atoms with E-state index in [4.69, 9.17) is 4.74 Å². The summed E-state index contributed by atoms with van der Waals surface area (Å²) in [5.74, 6) is 0.443. The summed E-state index contributed by atoms with van der Waals surface area (Å²) in [7, 11) is 1.48. The minimum Gasteiger partial charge on any atom is -0.466 e. The monoisotopic (exact) mass is 245 g/mol. The molecule has 0 spiro atoms. The molecule has 0 fully saturated rings. The van der Waals surface area contributed by atoms with Gasteiger partial charge >= 0.3 is 6.01 Å². The van der Waals surface area contributed by atoms with Gasteiger partial charge in [0.25, 0.3) is 0 Å². The van der Waals surface area contributed by atoms with Crippen molar-refractivity contribution in [1.82, 2.24) is 14.8 Å². The zero-order valence-electron chi connectivity index (χ0n) is 10.5. The second-order valence-electron chi connectivity index (χ2n) is 3.84. The number of hydrogen-bond acceptors (Lipinski definition) is 4. The number of methoxy groups -OCH3 is 1. The average Bonchev–Trinajstić information content (AvgIpc) is 2.84. The molecule has 0 radical (unpaired) electrons. The van der Waals surface area contributed by atoms with Crippen molar-refractivity contribution in [2.45, 2.75) is 19.8 Å². The van der Waals surface area contributed by atoms with E-state index in [1.54, 1.807) is 0 Å². The van der Waals surface area contributed by atoms with Crippen LogP contribution in [0.25, 0.3) is 11.4 Å². The molecule has 0 bridgehead atoms. The van der Waals surface area contributed by atoms with Crippen LogP contribution in [0.2, 0.25) is 0 Å². The molecule has 94 valence electrons. The Morgan fingerprint density at radius 3 is 2.67 bits per heavy atom. The number of carbonyl (C=O) groups excluding carboxylic acids is 1. The molecular weight excluding hydrogens is 230 g/mol. The third-order valence-electron chi connectivity index (χ3n) is 2.50. The first kappa shape index (κ1) is 12.3. The van der Waals surface area contributed by atoms with Gasteiger partial charge in [0.1, 0.15) is 0 Å². The largest absolute Gasteiger partial charge is 0.466 e. The van der Waals surface area contributed by atoms with Gasteiger partial charge in [0.05, 0.1) is 7.11 Å². The quantitative estimate of drug-likeness (QED) is 0.829. The van der Waals surface area contributed by atoms with Gasteiger partial charge in [-0.05, 0) is 6.42 Å². The zero-order chi connectivity index (χ0) is 13.0. The first-order chi connectivity index (χ1) is 8.76. The minimum absolute atomic E-state index is 0.0767. The molecule has 0 saturated carbocycles. The Morgan fingerprint density at radius 1 is 1.33 bits per heavy atom. The van der Waals surface area contributed by atoms with E-state index in [0.717, 1.165) is 12.0 Å². The summed E-state index contributed by atoms with van der Waals surface area (Å²) in [5, 5.41) is 4.06. The lowest BCUT2D eigenvalue weighted by Crippen LogP contribution is -2.13. The molecule has 0 amide bonds. The molecule has 0 unspecified atom stereocenters. The van der Waals surface area contributed by atoms with Gasteiger partial charge in [0.15, 0.2) is 5.82 Å². The second-order valence-corrected chi connectivity index (χ2v) is 3.84. The van der Waals surface area contributed by atoms with E-state index < -0.39 is 0 Å². The number of benzene rings is 1. The van der Waals surface area contributed by atoms with Gasteiger partial charge in [0.2, 0.25) is 5.91 Å². The molecule has 0 aliphatic heterocycles. The lowest BCUT2D eigenvalue weighted by Gasteiger charge is -2.02. The smallest absolute Gasteiger partial charge is 0.336 e. The van der Waals surface area contributed by atoms with Crippen molar-refractivity contribution >= 4 is 5.91 Å². The maximum absolute atomic E-state index is 12.0. The number of carbonyl (C=O) groups is 1. The molecule has 2 aromatic rings. The van der Waals surface area contributed by atoms with Crippen LogP contribution < -0.4 is 4.74 Å². The van der Waals surface area contributed by atoms with Crippen LogP contribution in [0.15, 0.2) is 30.3 Å². The van der Waals surface area contributed by atoms with Gasteiger partial charge in [-0.25, -0.2) is 0 Å². The third-order valence-corrected chi connectivity index (χ3v) is 2.50. The Balaban J connectivity index is 2.45. The number of nitrogens with zero attached hydrogens (tertiary/aromatic N) is 3. The van der Waals surface area contributed by atoms with E-state index in [-0.39, 0.29) is 11.9 Å². The molecule has 5 nitrogen and oxygen atoms in total. The van der Waals surface area contributed by atoms with Gasteiger partial charge in [-0.1, -0.05) is 37.3 Å². The minimum atomic E-state index is -0.0767. The van der Waals surface area contributed by atoms with E-state index in [0.29, 0.717) is 12.2 Å². The summed E-state index contributed by atoms with van der Waals surface area (Å²) < 4.78 is 6.31. The number of rotatable bonds is 4. The van der Waals surface area contributed by atoms with Crippen molar-refractivity contribution < 1.29 is 9.53 Å². The van der Waals surface area contributed by atoms with Gasteiger partial charge < -0.3 is 4.74 Å². The fourth-order valence-electron chi connectivity index (χ4n) is 1.65. The van der Waals surface area contributed by atoms with Gasteiger partial charge in [-0.15, -0.1) is 5.10 Å². The van der Waals surface area contributed by atoms with Crippen molar-refractivity contribution in [3.63, 3.8) is 0 Å². The van der Waals surface area contributed by atoms with Crippen LogP contribution in [0.4, 0.5) is 0 Å². The van der Waals surface area contributed by atoms with Gasteiger partial charge in [0, 0.05) is 12.0 Å². The van der Waals surface area contributed by atoms with Crippen LogP contribution in [0, 0.1) is 0 Å². The first-order valence-electron chi connectivity index (χ1n) is 5.86. The SMILES string of the molecule is CCCC(=O)n1nc(OC)nc1-c1ccccc1. The highest BCUT2D eigenvalue weighted by Gasteiger charge is 2.17. The predicted molar refractivity (Wildman–Crippen MR) is 67.5 cm³/mol. The molecule has 0 aliphatic rings. The number of aromatic nitrogens is 3. The molecule has 1 aromatic heterocycles. The molecule has 2 rings (SSSR count). The average molecular weight is 245 g/mol. The normalized spacial score (nSPS) is 10.3. The maximum Gasteiger partial charge on any atom is 0.336 e. The third kappa shape index (κ3) is 2.40. The lowest BCUT2D eigenvalue weighted by atomic mass is 10.2. The van der Waals surface area contributed by atoms with Crippen LogP contribution in [0.3, 0.4) is 0 Å². The maximum atomic E-state index is 12.0. The molecule has 1 aromatic carbocycles.